The van der Waals surface area contributed by atoms with Gasteiger partial charge in [-0.1, -0.05) is 44.4 Å². The SMILES string of the molecule is C=CC12CC(O)C(/C=C/C(O)CCCCC)C1CC(SCCCC(=O)O)=N2. The predicted octanol–water partition coefficient (Wildman–Crippen LogP) is 3.81. The molecule has 3 N–H and O–H groups in total. The molecule has 5 unspecified atom stereocenters. The minimum atomic E-state index is -0.769. The Labute approximate surface area is 166 Å². The minimum Gasteiger partial charge on any atom is -0.481 e. The Morgan fingerprint density at radius 3 is 2.89 bits per heavy atom. The molecule has 1 fully saturated rings. The lowest BCUT2D eigenvalue weighted by molar-refractivity contribution is -0.137. The first-order chi connectivity index (χ1) is 12.9. The van der Waals surface area contributed by atoms with Crippen molar-refractivity contribution in [3.63, 3.8) is 0 Å². The Morgan fingerprint density at radius 2 is 2.22 bits per heavy atom. The molecule has 1 aliphatic heterocycles. The molecule has 0 bridgehead atoms. The largest absolute Gasteiger partial charge is 0.481 e. The number of aliphatic hydroxyl groups is 2. The molecule has 0 saturated heterocycles. The summed E-state index contributed by atoms with van der Waals surface area (Å²) in [5, 5.41) is 30.5. The lowest BCUT2D eigenvalue weighted by atomic mass is 9.83. The van der Waals surface area contributed by atoms with Gasteiger partial charge in [0.25, 0.3) is 0 Å². The maximum Gasteiger partial charge on any atom is 0.303 e. The van der Waals surface area contributed by atoms with E-state index in [0.717, 1.165) is 42.9 Å². The number of carboxylic acid groups (broad SMARTS) is 1. The van der Waals surface area contributed by atoms with Gasteiger partial charge in [-0.25, -0.2) is 0 Å². The summed E-state index contributed by atoms with van der Waals surface area (Å²) in [6.07, 6.45) is 10.9. The molecule has 0 spiro atoms. The zero-order valence-corrected chi connectivity index (χ0v) is 17.0. The third kappa shape index (κ3) is 5.93. The van der Waals surface area contributed by atoms with Gasteiger partial charge >= 0.3 is 5.97 Å². The summed E-state index contributed by atoms with van der Waals surface area (Å²) in [4.78, 5) is 15.5. The smallest absolute Gasteiger partial charge is 0.303 e. The number of hydrogen-bond donors (Lipinski definition) is 3. The van der Waals surface area contributed by atoms with Crippen molar-refractivity contribution in [1.82, 2.24) is 0 Å². The van der Waals surface area contributed by atoms with Crippen molar-refractivity contribution in [2.24, 2.45) is 16.8 Å². The average molecular weight is 396 g/mol. The molecule has 1 heterocycles. The van der Waals surface area contributed by atoms with Crippen molar-refractivity contribution in [2.45, 2.75) is 76.0 Å². The Bertz CT molecular complexity index is 577. The van der Waals surface area contributed by atoms with Gasteiger partial charge in [0.1, 0.15) is 0 Å². The summed E-state index contributed by atoms with van der Waals surface area (Å²) >= 11 is 1.62. The van der Waals surface area contributed by atoms with E-state index in [-0.39, 0.29) is 18.3 Å². The second kappa shape index (κ2) is 10.4. The van der Waals surface area contributed by atoms with Crippen molar-refractivity contribution < 1.29 is 20.1 Å². The molecule has 0 radical (unpaired) electrons. The normalized spacial score (nSPS) is 31.1. The van der Waals surface area contributed by atoms with E-state index in [1.807, 2.05) is 18.2 Å². The number of carboxylic acids is 1. The van der Waals surface area contributed by atoms with Crippen LogP contribution in [0.2, 0.25) is 0 Å². The van der Waals surface area contributed by atoms with Gasteiger partial charge in [-0.2, -0.15) is 0 Å². The number of aliphatic imine (C=N–C) groups is 1. The number of carbonyl (C=O) groups is 1. The van der Waals surface area contributed by atoms with E-state index in [0.29, 0.717) is 12.8 Å². The van der Waals surface area contributed by atoms with E-state index in [1.54, 1.807) is 11.8 Å². The highest BCUT2D eigenvalue weighted by Crippen LogP contribution is 2.51. The molecule has 0 aromatic heterocycles. The molecule has 0 aromatic carbocycles. The molecule has 5 nitrogen and oxygen atoms in total. The van der Waals surface area contributed by atoms with E-state index in [4.69, 9.17) is 10.1 Å². The van der Waals surface area contributed by atoms with Crippen molar-refractivity contribution in [3.8, 4) is 0 Å². The fourth-order valence-electron chi connectivity index (χ4n) is 4.13. The van der Waals surface area contributed by atoms with Gasteiger partial charge in [0.15, 0.2) is 0 Å². The number of aliphatic hydroxyl groups excluding tert-OH is 2. The fraction of sp³-hybridized carbons (Fsp3) is 0.714. The van der Waals surface area contributed by atoms with Crippen LogP contribution in [0, 0.1) is 11.8 Å². The molecular weight excluding hydrogens is 362 g/mol. The number of rotatable bonds is 11. The first-order valence-corrected chi connectivity index (χ1v) is 11.0. The van der Waals surface area contributed by atoms with Gasteiger partial charge in [0.2, 0.25) is 0 Å². The lowest BCUT2D eigenvalue weighted by Gasteiger charge is -2.23. The summed E-state index contributed by atoms with van der Waals surface area (Å²) in [5.74, 6) is 0.0922. The van der Waals surface area contributed by atoms with Crippen LogP contribution in [0.1, 0.15) is 58.3 Å². The van der Waals surface area contributed by atoms with Crippen LogP contribution in [-0.2, 0) is 4.79 Å². The second-order valence-corrected chi connectivity index (χ2v) is 8.82. The first kappa shape index (κ1) is 22.2. The predicted molar refractivity (Wildman–Crippen MR) is 111 cm³/mol. The zero-order valence-electron chi connectivity index (χ0n) is 16.2. The monoisotopic (exact) mass is 395 g/mol. The fourth-order valence-corrected chi connectivity index (χ4v) is 5.19. The molecule has 2 aliphatic rings. The maximum atomic E-state index is 10.6. The van der Waals surface area contributed by atoms with Crippen molar-refractivity contribution in [1.29, 1.82) is 0 Å². The number of fused-ring (bicyclic) bond motifs is 1. The summed E-state index contributed by atoms with van der Waals surface area (Å²) < 4.78 is 0. The van der Waals surface area contributed by atoms with Gasteiger partial charge in [-0.15, -0.1) is 18.3 Å². The third-order valence-electron chi connectivity index (χ3n) is 5.63. The molecule has 27 heavy (non-hydrogen) atoms. The number of nitrogens with zero attached hydrogens (tertiary/aromatic N) is 1. The zero-order chi connectivity index (χ0) is 19.9. The molecule has 2 rings (SSSR count). The van der Waals surface area contributed by atoms with Crippen molar-refractivity contribution in [2.75, 3.05) is 5.75 Å². The number of aliphatic carboxylic acids is 1. The van der Waals surface area contributed by atoms with Crippen LogP contribution < -0.4 is 0 Å². The standard InChI is InChI=1S/C21H33NO4S/c1-3-5-6-8-15(23)10-11-16-17-13-19(27-12-7-9-20(25)26)22-21(17,4-2)14-18(16)24/h4,10-11,15-18,23-24H,2-3,5-9,12-14H2,1H3,(H,25,26)/b11-10+. The van der Waals surface area contributed by atoms with Crippen LogP contribution in [0.15, 0.2) is 29.8 Å². The quantitative estimate of drug-likeness (QED) is 0.366. The number of hydrogen-bond acceptors (Lipinski definition) is 5. The van der Waals surface area contributed by atoms with Gasteiger partial charge in [0, 0.05) is 31.1 Å². The Morgan fingerprint density at radius 1 is 1.44 bits per heavy atom. The molecule has 5 atom stereocenters. The highest BCUT2D eigenvalue weighted by Gasteiger charge is 2.54. The summed E-state index contributed by atoms with van der Waals surface area (Å²) in [5.41, 5.74) is -0.434. The van der Waals surface area contributed by atoms with E-state index >= 15 is 0 Å². The molecule has 0 amide bonds. The lowest BCUT2D eigenvalue weighted by Crippen LogP contribution is -2.26. The Hall–Kier alpha value is -1.11. The molecule has 152 valence electrons. The summed E-state index contributed by atoms with van der Waals surface area (Å²) in [7, 11) is 0. The van der Waals surface area contributed by atoms with Gasteiger partial charge < -0.3 is 15.3 Å². The highest BCUT2D eigenvalue weighted by atomic mass is 32.2. The topological polar surface area (TPSA) is 90.1 Å². The van der Waals surface area contributed by atoms with E-state index in [1.165, 1.54) is 0 Å². The van der Waals surface area contributed by atoms with Crippen molar-refractivity contribution in [3.05, 3.63) is 24.8 Å². The average Bonchev–Trinajstić information content (AvgIpc) is 3.09. The Kier molecular flexibility index (Phi) is 8.58. The summed E-state index contributed by atoms with van der Waals surface area (Å²) in [6, 6.07) is 0. The number of unbranched alkanes of at least 4 members (excludes halogenated alkanes) is 2. The molecule has 1 saturated carbocycles. The van der Waals surface area contributed by atoms with E-state index in [9.17, 15) is 15.0 Å². The summed E-state index contributed by atoms with van der Waals surface area (Å²) in [6.45, 7) is 6.11. The maximum absolute atomic E-state index is 10.6. The molecule has 0 aromatic rings. The van der Waals surface area contributed by atoms with E-state index in [2.05, 4.69) is 13.5 Å². The first-order valence-electron chi connectivity index (χ1n) is 10.0. The minimum absolute atomic E-state index is 0.0373. The van der Waals surface area contributed by atoms with Crippen LogP contribution in [-0.4, -0.2) is 49.8 Å². The second-order valence-electron chi connectivity index (χ2n) is 7.65. The molecular formula is C21H33NO4S. The van der Waals surface area contributed by atoms with Crippen LogP contribution in [0.3, 0.4) is 0 Å². The number of thioether (sulfide) groups is 1. The van der Waals surface area contributed by atoms with Gasteiger partial charge in [0.05, 0.1) is 22.8 Å². The van der Waals surface area contributed by atoms with Crippen LogP contribution in [0.25, 0.3) is 0 Å². The highest BCUT2D eigenvalue weighted by molar-refractivity contribution is 8.13. The molecule has 1 aliphatic carbocycles. The third-order valence-corrected chi connectivity index (χ3v) is 6.71. The van der Waals surface area contributed by atoms with E-state index < -0.39 is 23.7 Å². The van der Waals surface area contributed by atoms with Crippen molar-refractivity contribution >= 4 is 22.8 Å². The van der Waals surface area contributed by atoms with Crippen LogP contribution in [0.4, 0.5) is 0 Å². The van der Waals surface area contributed by atoms with Crippen LogP contribution >= 0.6 is 11.8 Å². The molecule has 6 heteroatoms. The van der Waals surface area contributed by atoms with Gasteiger partial charge in [-0.3, -0.25) is 9.79 Å². The van der Waals surface area contributed by atoms with Crippen LogP contribution in [0.5, 0.6) is 0 Å². The Balaban J connectivity index is 1.95. The van der Waals surface area contributed by atoms with Gasteiger partial charge in [-0.05, 0) is 18.6 Å².